The van der Waals surface area contributed by atoms with Gasteiger partial charge < -0.3 is 14.2 Å². The number of carbonyl (C=O) groups excluding carboxylic acids is 1. The number of nitrogens with one attached hydrogen (secondary N) is 1. The summed E-state index contributed by atoms with van der Waals surface area (Å²) in [6, 6.07) is 18.0. The first kappa shape index (κ1) is 25.5. The number of amides is 1. The molecule has 0 bridgehead atoms. The summed E-state index contributed by atoms with van der Waals surface area (Å²) < 4.78 is 37.2. The van der Waals surface area contributed by atoms with E-state index in [0.717, 1.165) is 10.0 Å². The quantitative estimate of drug-likeness (QED) is 0.206. The van der Waals surface area contributed by atoms with Gasteiger partial charge in [-0.25, -0.2) is 0 Å². The molecule has 10 heteroatoms. The lowest BCUT2D eigenvalue weighted by atomic mass is 10.1. The van der Waals surface area contributed by atoms with Gasteiger partial charge in [-0.3, -0.25) is 4.79 Å². The second-order valence-electron chi connectivity index (χ2n) is 7.02. The normalized spacial score (nSPS) is 11.4. The van der Waals surface area contributed by atoms with Crippen LogP contribution in [0.15, 0.2) is 80.1 Å². The summed E-state index contributed by atoms with van der Waals surface area (Å²) in [7, 11) is -2.77. The van der Waals surface area contributed by atoms with Crippen molar-refractivity contribution in [2.45, 2.75) is 11.8 Å². The first-order chi connectivity index (χ1) is 16.1. The topological polar surface area (TPSA) is 105 Å². The largest absolute Gasteiger partial charge is 0.493 e. The molecular formula is C24H18Br2N2O5S. The van der Waals surface area contributed by atoms with Crippen LogP contribution in [0, 0.1) is 18.3 Å². The van der Waals surface area contributed by atoms with Crippen molar-refractivity contribution in [1.29, 1.82) is 5.26 Å². The van der Waals surface area contributed by atoms with E-state index in [0.29, 0.717) is 11.3 Å². The highest BCUT2D eigenvalue weighted by Gasteiger charge is 2.22. The molecule has 174 valence electrons. The van der Waals surface area contributed by atoms with Crippen molar-refractivity contribution in [3.63, 3.8) is 0 Å². The number of aryl methyl sites for hydroxylation is 1. The number of hydrogen-bond acceptors (Lipinski definition) is 6. The summed E-state index contributed by atoms with van der Waals surface area (Å²) >= 11 is 6.62. The summed E-state index contributed by atoms with van der Waals surface area (Å²) in [6.07, 6.45) is 1.36. The third-order valence-electron chi connectivity index (χ3n) is 4.53. The van der Waals surface area contributed by atoms with Gasteiger partial charge in [0.25, 0.3) is 5.91 Å². The van der Waals surface area contributed by atoms with E-state index in [4.69, 9.17) is 8.92 Å². The van der Waals surface area contributed by atoms with E-state index in [1.807, 2.05) is 13.0 Å². The molecule has 7 nitrogen and oxygen atoms in total. The molecule has 0 aliphatic carbocycles. The predicted molar refractivity (Wildman–Crippen MR) is 136 cm³/mol. The Morgan fingerprint density at radius 1 is 1.06 bits per heavy atom. The van der Waals surface area contributed by atoms with Crippen LogP contribution in [-0.2, 0) is 14.9 Å². The number of benzene rings is 3. The molecule has 0 saturated carbocycles. The minimum absolute atomic E-state index is 0.00703. The maximum atomic E-state index is 12.7. The van der Waals surface area contributed by atoms with Crippen molar-refractivity contribution in [2.75, 3.05) is 12.4 Å². The monoisotopic (exact) mass is 604 g/mol. The minimum Gasteiger partial charge on any atom is -0.493 e. The second kappa shape index (κ2) is 10.9. The SMILES string of the molecule is COc1cc(/C=C(/C#N)C(=O)Nc2ccc(Br)cc2)cc(Br)c1OS(=O)(=O)c1ccc(C)cc1. The number of hydrogen-bond donors (Lipinski definition) is 1. The standard InChI is InChI=1S/C24H18Br2N2O5S/c1-15-3-9-20(10-4-15)34(30,31)33-23-21(26)12-16(13-22(23)32-2)11-17(14-27)24(29)28-19-7-5-18(25)6-8-19/h3-13H,1-2H3,(H,28,29)/b17-11-. The van der Waals surface area contributed by atoms with E-state index in [9.17, 15) is 18.5 Å². The average molecular weight is 606 g/mol. The zero-order valence-corrected chi connectivity index (χ0v) is 22.0. The number of ether oxygens (including phenoxy) is 1. The van der Waals surface area contributed by atoms with Gasteiger partial charge in [0.05, 0.1) is 11.6 Å². The summed E-state index contributed by atoms with van der Waals surface area (Å²) in [5.41, 5.74) is 1.70. The molecular weight excluding hydrogens is 588 g/mol. The van der Waals surface area contributed by atoms with Crippen molar-refractivity contribution < 1.29 is 22.1 Å². The molecule has 0 aliphatic rings. The number of rotatable bonds is 7. The van der Waals surface area contributed by atoms with Gasteiger partial charge in [-0.15, -0.1) is 0 Å². The fourth-order valence-electron chi connectivity index (χ4n) is 2.81. The molecule has 1 amide bonds. The number of nitrogens with zero attached hydrogens (tertiary/aromatic N) is 1. The van der Waals surface area contributed by atoms with Crippen LogP contribution in [0.4, 0.5) is 5.69 Å². The fraction of sp³-hybridized carbons (Fsp3) is 0.0833. The Kier molecular flexibility index (Phi) is 8.15. The zero-order chi connectivity index (χ0) is 24.9. The van der Waals surface area contributed by atoms with E-state index >= 15 is 0 Å². The first-order valence-electron chi connectivity index (χ1n) is 9.70. The van der Waals surface area contributed by atoms with Crippen LogP contribution in [0.25, 0.3) is 6.08 Å². The molecule has 3 aromatic carbocycles. The highest BCUT2D eigenvalue weighted by molar-refractivity contribution is 9.10. The predicted octanol–water partition coefficient (Wildman–Crippen LogP) is 5.84. The number of nitriles is 1. The average Bonchev–Trinajstić information content (AvgIpc) is 2.80. The fourth-order valence-corrected chi connectivity index (χ4v) is 4.68. The molecule has 3 rings (SSSR count). The molecule has 0 unspecified atom stereocenters. The molecule has 1 N–H and O–H groups in total. The Bertz CT molecular complexity index is 1400. The van der Waals surface area contributed by atoms with Crippen LogP contribution in [0.3, 0.4) is 0 Å². The van der Waals surface area contributed by atoms with E-state index in [1.54, 1.807) is 36.4 Å². The molecule has 0 atom stereocenters. The van der Waals surface area contributed by atoms with Crippen molar-refractivity contribution in [3.05, 3.63) is 86.3 Å². The summed E-state index contributed by atoms with van der Waals surface area (Å²) in [6.45, 7) is 1.85. The molecule has 0 radical (unpaired) electrons. The third-order valence-corrected chi connectivity index (χ3v) is 6.89. The maximum Gasteiger partial charge on any atom is 0.339 e. The van der Waals surface area contributed by atoms with Crippen LogP contribution in [0.1, 0.15) is 11.1 Å². The van der Waals surface area contributed by atoms with Crippen molar-refractivity contribution in [2.24, 2.45) is 0 Å². The van der Waals surface area contributed by atoms with Gasteiger partial charge in [0, 0.05) is 10.2 Å². The molecule has 0 spiro atoms. The smallest absolute Gasteiger partial charge is 0.339 e. The zero-order valence-electron chi connectivity index (χ0n) is 18.0. The highest BCUT2D eigenvalue weighted by atomic mass is 79.9. The van der Waals surface area contributed by atoms with Crippen LogP contribution in [0.5, 0.6) is 11.5 Å². The molecule has 34 heavy (non-hydrogen) atoms. The van der Waals surface area contributed by atoms with Gasteiger partial charge in [-0.1, -0.05) is 33.6 Å². The number of halogens is 2. The Labute approximate surface area is 214 Å². The van der Waals surface area contributed by atoms with E-state index in [1.165, 1.54) is 37.5 Å². The first-order valence-corrected chi connectivity index (χ1v) is 12.7. The van der Waals surface area contributed by atoms with Crippen LogP contribution in [-0.4, -0.2) is 21.4 Å². The molecule has 0 saturated heterocycles. The van der Waals surface area contributed by atoms with E-state index in [2.05, 4.69) is 37.2 Å². The lowest BCUT2D eigenvalue weighted by molar-refractivity contribution is -0.112. The van der Waals surface area contributed by atoms with Gasteiger partial charge in [0.15, 0.2) is 11.5 Å². The van der Waals surface area contributed by atoms with Gasteiger partial charge >= 0.3 is 10.1 Å². The minimum atomic E-state index is -4.12. The Balaban J connectivity index is 1.90. The number of carbonyl (C=O) groups is 1. The van der Waals surface area contributed by atoms with Crippen molar-refractivity contribution in [1.82, 2.24) is 0 Å². The van der Waals surface area contributed by atoms with Crippen LogP contribution < -0.4 is 14.2 Å². The highest BCUT2D eigenvalue weighted by Crippen LogP contribution is 2.39. The molecule has 0 fully saturated rings. The Morgan fingerprint density at radius 3 is 2.29 bits per heavy atom. The van der Waals surface area contributed by atoms with E-state index < -0.39 is 16.0 Å². The Hall–Kier alpha value is -3.13. The van der Waals surface area contributed by atoms with Crippen molar-refractivity contribution >= 4 is 59.6 Å². The molecule has 0 aliphatic heterocycles. The lowest BCUT2D eigenvalue weighted by Gasteiger charge is -2.14. The van der Waals surface area contributed by atoms with Gasteiger partial charge in [0.2, 0.25) is 0 Å². The van der Waals surface area contributed by atoms with Gasteiger partial charge in [0.1, 0.15) is 16.5 Å². The van der Waals surface area contributed by atoms with Gasteiger partial charge in [-0.2, -0.15) is 13.7 Å². The summed E-state index contributed by atoms with van der Waals surface area (Å²) in [5, 5.41) is 12.1. The van der Waals surface area contributed by atoms with E-state index in [-0.39, 0.29) is 26.4 Å². The Morgan fingerprint density at radius 2 is 1.71 bits per heavy atom. The second-order valence-corrected chi connectivity index (χ2v) is 10.3. The number of anilines is 1. The lowest BCUT2D eigenvalue weighted by Crippen LogP contribution is -2.13. The summed E-state index contributed by atoms with van der Waals surface area (Å²) in [5.74, 6) is -0.554. The molecule has 0 heterocycles. The third kappa shape index (κ3) is 6.26. The van der Waals surface area contributed by atoms with Crippen LogP contribution >= 0.6 is 31.9 Å². The van der Waals surface area contributed by atoms with Gasteiger partial charge in [-0.05, 0) is 83.0 Å². The van der Waals surface area contributed by atoms with Crippen molar-refractivity contribution in [3.8, 4) is 17.6 Å². The molecule has 0 aromatic heterocycles. The maximum absolute atomic E-state index is 12.7. The number of methoxy groups -OCH3 is 1. The van der Waals surface area contributed by atoms with Crippen LogP contribution in [0.2, 0.25) is 0 Å². The molecule has 3 aromatic rings. The summed E-state index contributed by atoms with van der Waals surface area (Å²) in [4.78, 5) is 12.5.